The lowest BCUT2D eigenvalue weighted by molar-refractivity contribution is 0.391. The molecule has 3 rings (SSSR count). The van der Waals surface area contributed by atoms with Crippen LogP contribution >= 0.6 is 23.8 Å². The van der Waals surface area contributed by atoms with Gasteiger partial charge in [0.25, 0.3) is 0 Å². The number of hydrogen-bond donors (Lipinski definition) is 2. The van der Waals surface area contributed by atoms with Crippen LogP contribution in [0.4, 0.5) is 10.1 Å². The molecule has 102 valence electrons. The maximum atomic E-state index is 13.6. The summed E-state index contributed by atoms with van der Waals surface area (Å²) in [5, 5.41) is 7.11. The van der Waals surface area contributed by atoms with Crippen molar-refractivity contribution in [3.05, 3.63) is 29.0 Å². The van der Waals surface area contributed by atoms with Crippen molar-refractivity contribution in [1.82, 2.24) is 5.32 Å². The minimum absolute atomic E-state index is 0.366. The van der Waals surface area contributed by atoms with E-state index in [0.29, 0.717) is 21.9 Å². The SMILES string of the molecule is Fc1cc(Cl)ccc1NC(=S)N[C@@H]1C[C@@H]2CC[C@@H]1C2. The first kappa shape index (κ1) is 13.1. The van der Waals surface area contributed by atoms with Crippen molar-refractivity contribution in [2.45, 2.75) is 31.7 Å². The van der Waals surface area contributed by atoms with Gasteiger partial charge in [-0.1, -0.05) is 18.0 Å². The standard InChI is InChI=1S/C14H16ClFN2S/c15-10-3-4-12(11(16)7-10)17-14(19)18-13-6-8-1-2-9(13)5-8/h3-4,7-9,13H,1-2,5-6H2,(H2,17,18,19)/t8-,9-,13-/m1/s1. The first-order chi connectivity index (χ1) is 9.11. The fourth-order valence-electron chi connectivity index (χ4n) is 3.34. The van der Waals surface area contributed by atoms with E-state index in [1.54, 1.807) is 12.1 Å². The highest BCUT2D eigenvalue weighted by molar-refractivity contribution is 7.80. The molecule has 0 radical (unpaired) electrons. The molecule has 2 N–H and O–H groups in total. The van der Waals surface area contributed by atoms with Gasteiger partial charge in [-0.15, -0.1) is 0 Å². The van der Waals surface area contributed by atoms with Gasteiger partial charge in [0.15, 0.2) is 5.11 Å². The van der Waals surface area contributed by atoms with Gasteiger partial charge in [-0.05, 0) is 61.5 Å². The van der Waals surface area contributed by atoms with E-state index >= 15 is 0 Å². The monoisotopic (exact) mass is 298 g/mol. The number of anilines is 1. The van der Waals surface area contributed by atoms with Crippen LogP contribution in [0.5, 0.6) is 0 Å². The van der Waals surface area contributed by atoms with Crippen LogP contribution < -0.4 is 10.6 Å². The molecule has 3 atom stereocenters. The van der Waals surface area contributed by atoms with Crippen molar-refractivity contribution in [2.24, 2.45) is 11.8 Å². The Kier molecular flexibility index (Phi) is 3.63. The molecule has 0 amide bonds. The van der Waals surface area contributed by atoms with E-state index in [0.717, 1.165) is 11.8 Å². The molecule has 2 nitrogen and oxygen atoms in total. The number of halogens is 2. The third-order valence-corrected chi connectivity index (χ3v) is 4.69. The van der Waals surface area contributed by atoms with Crippen LogP contribution in [0.15, 0.2) is 18.2 Å². The summed E-state index contributed by atoms with van der Waals surface area (Å²) < 4.78 is 13.6. The Morgan fingerprint density at radius 1 is 1.32 bits per heavy atom. The Hall–Kier alpha value is -0.870. The van der Waals surface area contributed by atoms with Crippen LogP contribution in [-0.2, 0) is 0 Å². The molecule has 2 aliphatic rings. The molecule has 2 bridgehead atoms. The smallest absolute Gasteiger partial charge is 0.171 e. The Balaban J connectivity index is 1.59. The summed E-state index contributed by atoms with van der Waals surface area (Å²) in [5.74, 6) is 1.21. The lowest BCUT2D eigenvalue weighted by Gasteiger charge is -2.24. The Morgan fingerprint density at radius 2 is 2.16 bits per heavy atom. The second-order valence-electron chi connectivity index (χ2n) is 5.50. The fraction of sp³-hybridized carbons (Fsp3) is 0.500. The van der Waals surface area contributed by atoms with Crippen LogP contribution in [0.25, 0.3) is 0 Å². The first-order valence-corrected chi connectivity index (χ1v) is 7.43. The molecule has 0 spiro atoms. The molecule has 2 saturated carbocycles. The largest absolute Gasteiger partial charge is 0.359 e. The van der Waals surface area contributed by atoms with Gasteiger partial charge < -0.3 is 10.6 Å². The maximum absolute atomic E-state index is 13.6. The van der Waals surface area contributed by atoms with E-state index < -0.39 is 0 Å². The molecule has 1 aromatic carbocycles. The number of thiocarbonyl (C=S) groups is 1. The topological polar surface area (TPSA) is 24.1 Å². The third-order valence-electron chi connectivity index (χ3n) is 4.23. The molecule has 0 unspecified atom stereocenters. The molecule has 0 saturated heterocycles. The average molecular weight is 299 g/mol. The van der Waals surface area contributed by atoms with Crippen LogP contribution in [0.1, 0.15) is 25.7 Å². The maximum Gasteiger partial charge on any atom is 0.171 e. The Bertz CT molecular complexity index is 508. The molecule has 0 aromatic heterocycles. The van der Waals surface area contributed by atoms with Crippen LogP contribution in [0.2, 0.25) is 5.02 Å². The van der Waals surface area contributed by atoms with Gasteiger partial charge in [-0.3, -0.25) is 0 Å². The molecular formula is C14H16ClFN2S. The normalized spacial score (nSPS) is 28.4. The quantitative estimate of drug-likeness (QED) is 0.808. The van der Waals surface area contributed by atoms with E-state index in [2.05, 4.69) is 10.6 Å². The van der Waals surface area contributed by atoms with Gasteiger partial charge in [0.1, 0.15) is 5.82 Å². The van der Waals surface area contributed by atoms with E-state index in [1.807, 2.05) is 0 Å². The summed E-state index contributed by atoms with van der Waals surface area (Å²) in [6, 6.07) is 4.98. The third kappa shape index (κ3) is 2.84. The highest BCUT2D eigenvalue weighted by atomic mass is 35.5. The van der Waals surface area contributed by atoms with Gasteiger partial charge in [0.05, 0.1) is 5.69 Å². The van der Waals surface area contributed by atoms with E-state index in [9.17, 15) is 4.39 Å². The Labute approximate surface area is 122 Å². The van der Waals surface area contributed by atoms with Crippen molar-refractivity contribution in [3.63, 3.8) is 0 Å². The second kappa shape index (κ2) is 5.25. The predicted molar refractivity (Wildman–Crippen MR) is 80.0 cm³/mol. The van der Waals surface area contributed by atoms with Crippen LogP contribution in [0, 0.1) is 17.7 Å². The van der Waals surface area contributed by atoms with E-state index in [1.165, 1.54) is 31.7 Å². The molecule has 19 heavy (non-hydrogen) atoms. The zero-order valence-corrected chi connectivity index (χ0v) is 12.0. The van der Waals surface area contributed by atoms with E-state index in [4.69, 9.17) is 23.8 Å². The molecule has 0 aliphatic heterocycles. The molecule has 0 heterocycles. The van der Waals surface area contributed by atoms with Gasteiger partial charge >= 0.3 is 0 Å². The first-order valence-electron chi connectivity index (χ1n) is 6.64. The lowest BCUT2D eigenvalue weighted by atomic mass is 9.96. The minimum atomic E-state index is -0.385. The van der Waals surface area contributed by atoms with Gasteiger partial charge in [-0.2, -0.15) is 0 Å². The summed E-state index contributed by atoms with van der Waals surface area (Å²) in [6.07, 6.45) is 5.15. The minimum Gasteiger partial charge on any atom is -0.359 e. The number of nitrogens with one attached hydrogen (secondary N) is 2. The molecular weight excluding hydrogens is 283 g/mol. The molecule has 2 aliphatic carbocycles. The predicted octanol–water partition coefficient (Wildman–Crippen LogP) is 3.95. The zero-order valence-electron chi connectivity index (χ0n) is 10.5. The van der Waals surface area contributed by atoms with Crippen LogP contribution in [0.3, 0.4) is 0 Å². The lowest BCUT2D eigenvalue weighted by Crippen LogP contribution is -2.40. The van der Waals surface area contributed by atoms with Crippen molar-refractivity contribution in [3.8, 4) is 0 Å². The number of hydrogen-bond acceptors (Lipinski definition) is 1. The highest BCUT2D eigenvalue weighted by Crippen LogP contribution is 2.44. The van der Waals surface area contributed by atoms with Crippen molar-refractivity contribution in [1.29, 1.82) is 0 Å². The Morgan fingerprint density at radius 3 is 2.79 bits per heavy atom. The average Bonchev–Trinajstić information content (AvgIpc) is 2.95. The molecule has 2 fully saturated rings. The van der Waals surface area contributed by atoms with Crippen molar-refractivity contribution < 1.29 is 4.39 Å². The molecule has 5 heteroatoms. The highest BCUT2D eigenvalue weighted by Gasteiger charge is 2.39. The van der Waals surface area contributed by atoms with Gasteiger partial charge in [0, 0.05) is 11.1 Å². The van der Waals surface area contributed by atoms with Crippen molar-refractivity contribution in [2.75, 3.05) is 5.32 Å². The summed E-state index contributed by atoms with van der Waals surface area (Å²) in [5.41, 5.74) is 0.366. The summed E-state index contributed by atoms with van der Waals surface area (Å²) >= 11 is 11.0. The van der Waals surface area contributed by atoms with E-state index in [-0.39, 0.29) is 5.82 Å². The number of rotatable bonds is 2. The van der Waals surface area contributed by atoms with Gasteiger partial charge in [0.2, 0.25) is 0 Å². The summed E-state index contributed by atoms with van der Waals surface area (Å²) in [7, 11) is 0. The summed E-state index contributed by atoms with van der Waals surface area (Å²) in [6.45, 7) is 0. The number of fused-ring (bicyclic) bond motifs is 2. The fourth-order valence-corrected chi connectivity index (χ4v) is 3.76. The number of benzene rings is 1. The van der Waals surface area contributed by atoms with Crippen molar-refractivity contribution >= 4 is 34.6 Å². The van der Waals surface area contributed by atoms with Gasteiger partial charge in [-0.25, -0.2) is 4.39 Å². The second-order valence-corrected chi connectivity index (χ2v) is 6.35. The molecule has 1 aromatic rings. The summed E-state index contributed by atoms with van der Waals surface area (Å²) in [4.78, 5) is 0. The zero-order chi connectivity index (χ0) is 13.4. The van der Waals surface area contributed by atoms with Crippen LogP contribution in [-0.4, -0.2) is 11.2 Å².